The van der Waals surface area contributed by atoms with E-state index in [0.29, 0.717) is 12.3 Å². The first kappa shape index (κ1) is 25.2. The van der Waals surface area contributed by atoms with Crippen LogP contribution in [0.4, 0.5) is 0 Å². The molecule has 0 unspecified atom stereocenters. The number of allylic oxidation sites excluding steroid dienone is 2. The third-order valence-corrected chi connectivity index (χ3v) is 7.33. The number of aliphatic hydroxyl groups is 1. The summed E-state index contributed by atoms with van der Waals surface area (Å²) < 4.78 is 16.7. The number of fused-ring (bicyclic) bond motifs is 2. The van der Waals surface area contributed by atoms with Crippen LogP contribution in [-0.4, -0.2) is 43.6 Å². The van der Waals surface area contributed by atoms with Crippen molar-refractivity contribution >= 4 is 5.97 Å². The van der Waals surface area contributed by atoms with Crippen LogP contribution in [0.1, 0.15) is 37.7 Å². The molecule has 0 radical (unpaired) electrons. The molecule has 2 aromatic rings. The number of ether oxygens (including phenoxy) is 3. The van der Waals surface area contributed by atoms with E-state index in [1.165, 1.54) is 12.7 Å². The molecule has 1 saturated heterocycles. The molecule has 0 spiro atoms. The highest BCUT2D eigenvalue weighted by molar-refractivity contribution is 5.69. The van der Waals surface area contributed by atoms with Crippen molar-refractivity contribution in [2.75, 3.05) is 20.3 Å². The lowest BCUT2D eigenvalue weighted by Crippen LogP contribution is -2.39. The molecule has 2 aromatic carbocycles. The Morgan fingerprint density at radius 3 is 2.63 bits per heavy atom. The predicted octanol–water partition coefficient (Wildman–Crippen LogP) is 5.25. The fourth-order valence-electron chi connectivity index (χ4n) is 5.53. The normalized spacial score (nSPS) is 26.4. The van der Waals surface area contributed by atoms with Gasteiger partial charge in [0, 0.05) is 17.8 Å². The van der Waals surface area contributed by atoms with E-state index >= 15 is 0 Å². The van der Waals surface area contributed by atoms with Gasteiger partial charge < -0.3 is 19.3 Å². The molecule has 4 rings (SSSR count). The molecule has 186 valence electrons. The van der Waals surface area contributed by atoms with Gasteiger partial charge in [-0.15, -0.1) is 0 Å². The molecule has 0 amide bonds. The monoisotopic (exact) mass is 476 g/mol. The Labute approximate surface area is 208 Å². The summed E-state index contributed by atoms with van der Waals surface area (Å²) in [5, 5.41) is 10.5. The van der Waals surface area contributed by atoms with Crippen LogP contribution >= 0.6 is 0 Å². The Bertz CT molecular complexity index is 986. The predicted molar refractivity (Wildman–Crippen MR) is 136 cm³/mol. The van der Waals surface area contributed by atoms with Gasteiger partial charge in [0.1, 0.15) is 18.5 Å². The van der Waals surface area contributed by atoms with E-state index < -0.39 is 6.10 Å². The fraction of sp³-hybridized carbons (Fsp3) is 0.433. The maximum atomic E-state index is 11.3. The lowest BCUT2D eigenvalue weighted by molar-refractivity contribution is -0.140. The van der Waals surface area contributed by atoms with Crippen LogP contribution < -0.4 is 4.74 Å². The van der Waals surface area contributed by atoms with Gasteiger partial charge in [-0.25, -0.2) is 0 Å². The molecule has 2 fully saturated rings. The van der Waals surface area contributed by atoms with Crippen molar-refractivity contribution in [1.29, 1.82) is 0 Å². The second-order valence-electron chi connectivity index (χ2n) is 9.51. The molecule has 1 N–H and O–H groups in total. The Morgan fingerprint density at radius 1 is 1.14 bits per heavy atom. The van der Waals surface area contributed by atoms with Crippen LogP contribution in [0.25, 0.3) is 0 Å². The largest absolute Gasteiger partial charge is 0.491 e. The number of carbonyl (C=O) groups excluding carboxylic acids is 1. The summed E-state index contributed by atoms with van der Waals surface area (Å²) in [6.45, 7) is 0.944. The smallest absolute Gasteiger partial charge is 0.305 e. The first-order valence-electron chi connectivity index (χ1n) is 12.6. The van der Waals surface area contributed by atoms with Gasteiger partial charge in [0.15, 0.2) is 0 Å². The minimum absolute atomic E-state index is 0.0250. The maximum Gasteiger partial charge on any atom is 0.305 e. The van der Waals surface area contributed by atoms with Crippen LogP contribution in [0, 0.1) is 11.8 Å². The zero-order valence-electron chi connectivity index (χ0n) is 20.4. The van der Waals surface area contributed by atoms with E-state index in [1.54, 1.807) is 0 Å². The molecule has 1 aliphatic carbocycles. The minimum Gasteiger partial charge on any atom is -0.491 e. The molecule has 35 heavy (non-hydrogen) atoms. The molecule has 5 heteroatoms. The van der Waals surface area contributed by atoms with Gasteiger partial charge in [0.05, 0.1) is 19.8 Å². The molecule has 2 aliphatic rings. The number of unbranched alkanes of at least 4 members (excludes halogenated alkanes) is 1. The highest BCUT2D eigenvalue weighted by Crippen LogP contribution is 2.57. The van der Waals surface area contributed by atoms with Gasteiger partial charge in [-0.1, -0.05) is 72.8 Å². The lowest BCUT2D eigenvalue weighted by atomic mass is 9.69. The molecule has 1 aliphatic heterocycles. The van der Waals surface area contributed by atoms with Crippen molar-refractivity contribution in [3.8, 4) is 5.75 Å². The zero-order valence-corrected chi connectivity index (χ0v) is 20.4. The van der Waals surface area contributed by atoms with Crippen molar-refractivity contribution in [1.82, 2.24) is 0 Å². The minimum atomic E-state index is -0.684. The fourth-order valence-corrected chi connectivity index (χ4v) is 5.53. The van der Waals surface area contributed by atoms with Crippen molar-refractivity contribution < 1.29 is 24.1 Å². The van der Waals surface area contributed by atoms with Crippen molar-refractivity contribution in [3.05, 3.63) is 90.5 Å². The van der Waals surface area contributed by atoms with Gasteiger partial charge in [0.2, 0.25) is 0 Å². The summed E-state index contributed by atoms with van der Waals surface area (Å²) >= 11 is 0. The Kier molecular flexibility index (Phi) is 8.78. The van der Waals surface area contributed by atoms with Crippen LogP contribution in [0.15, 0.2) is 85.0 Å². The molecule has 1 saturated carbocycles. The van der Waals surface area contributed by atoms with E-state index in [2.05, 4.69) is 48.6 Å². The highest BCUT2D eigenvalue weighted by atomic mass is 16.5. The number of methoxy groups -OCH3 is 1. The lowest BCUT2D eigenvalue weighted by Gasteiger charge is -2.38. The van der Waals surface area contributed by atoms with Gasteiger partial charge in [0.25, 0.3) is 0 Å². The Hall–Kier alpha value is -2.89. The van der Waals surface area contributed by atoms with E-state index in [9.17, 15) is 9.90 Å². The van der Waals surface area contributed by atoms with Crippen LogP contribution in [0.2, 0.25) is 0 Å². The van der Waals surface area contributed by atoms with Crippen molar-refractivity contribution in [2.24, 2.45) is 11.8 Å². The summed E-state index contributed by atoms with van der Waals surface area (Å²) in [7, 11) is 1.43. The summed E-state index contributed by atoms with van der Waals surface area (Å²) in [5.74, 6) is 1.18. The molecule has 2 bridgehead atoms. The molecule has 1 heterocycles. The molecular formula is C30H36O5. The summed E-state index contributed by atoms with van der Waals surface area (Å²) in [4.78, 5) is 11.3. The average molecular weight is 477 g/mol. The average Bonchev–Trinajstić information content (AvgIpc) is 3.47. The number of benzene rings is 2. The number of rotatable bonds is 12. The number of aliphatic hydroxyl groups excluding tert-OH is 1. The zero-order chi connectivity index (χ0) is 24.5. The topological polar surface area (TPSA) is 65.0 Å². The second-order valence-corrected chi connectivity index (χ2v) is 9.51. The highest BCUT2D eigenvalue weighted by Gasteiger charge is 2.58. The third-order valence-electron chi connectivity index (χ3n) is 7.33. The quantitative estimate of drug-likeness (QED) is 0.258. The number of esters is 1. The van der Waals surface area contributed by atoms with Gasteiger partial charge in [-0.2, -0.15) is 0 Å². The molecular weight excluding hydrogens is 440 g/mol. The van der Waals surface area contributed by atoms with Gasteiger partial charge in [-0.05, 0) is 49.3 Å². The first-order chi connectivity index (χ1) is 17.1. The van der Waals surface area contributed by atoms with E-state index in [0.717, 1.165) is 38.0 Å². The third kappa shape index (κ3) is 6.22. The van der Waals surface area contributed by atoms with Crippen LogP contribution in [-0.2, 0) is 19.7 Å². The summed E-state index contributed by atoms with van der Waals surface area (Å²) in [5.41, 5.74) is 1.30. The number of hydrogen-bond acceptors (Lipinski definition) is 5. The second kappa shape index (κ2) is 12.2. The molecule has 5 nitrogen and oxygen atoms in total. The SMILES string of the molecule is COC(=O)CCCC=CC[C@@H]1[C@@H](C=C[C@H](O)COc2ccccc2)[C@H]2C[C@]1(c1ccccc1)CO2. The van der Waals surface area contributed by atoms with Crippen molar-refractivity contribution in [3.63, 3.8) is 0 Å². The van der Waals surface area contributed by atoms with Gasteiger partial charge >= 0.3 is 5.97 Å². The Balaban J connectivity index is 1.43. The standard InChI is InChI=1S/C30H36O5/c1-33-29(32)17-11-3-2-10-16-27-26(19-18-24(31)21-34-25-14-8-5-9-15-25)28-20-30(27,22-35-28)23-12-6-4-7-13-23/h2,4-10,12-15,18-19,24,26-28,31H,3,11,16-17,20-22H2,1H3/t24-,26+,27+,28+,30+/m0/s1. The van der Waals surface area contributed by atoms with Gasteiger partial charge in [-0.3, -0.25) is 4.79 Å². The van der Waals surface area contributed by atoms with Crippen molar-refractivity contribution in [2.45, 2.75) is 49.7 Å². The summed E-state index contributed by atoms with van der Waals surface area (Å²) in [6, 6.07) is 20.2. The van der Waals surface area contributed by atoms with E-state index in [-0.39, 0.29) is 30.0 Å². The van der Waals surface area contributed by atoms with E-state index in [4.69, 9.17) is 14.2 Å². The molecule has 0 aromatic heterocycles. The Morgan fingerprint density at radius 2 is 1.89 bits per heavy atom. The van der Waals surface area contributed by atoms with Crippen LogP contribution in [0.5, 0.6) is 5.75 Å². The summed E-state index contributed by atoms with van der Waals surface area (Å²) in [6.07, 6.45) is 11.9. The number of hydrogen-bond donors (Lipinski definition) is 1. The maximum absolute atomic E-state index is 11.3. The molecule has 5 atom stereocenters. The number of carbonyl (C=O) groups is 1. The number of para-hydroxylation sites is 1. The van der Waals surface area contributed by atoms with Crippen LogP contribution in [0.3, 0.4) is 0 Å². The first-order valence-corrected chi connectivity index (χ1v) is 12.6. The van der Waals surface area contributed by atoms with E-state index in [1.807, 2.05) is 36.4 Å².